The monoisotopic (exact) mass is 542 g/mol. The molecule has 1 atom stereocenters. The molecule has 9 nitrogen and oxygen atoms in total. The van der Waals surface area contributed by atoms with Crippen molar-refractivity contribution in [1.29, 1.82) is 0 Å². The van der Waals surface area contributed by atoms with Gasteiger partial charge in [-0.2, -0.15) is 0 Å². The molecule has 4 N–H and O–H groups in total. The van der Waals surface area contributed by atoms with Gasteiger partial charge in [0.1, 0.15) is 17.2 Å². The maximum absolute atomic E-state index is 11.4. The highest BCUT2D eigenvalue weighted by atomic mass is 16.5. The van der Waals surface area contributed by atoms with Crippen molar-refractivity contribution in [3.63, 3.8) is 0 Å². The average molecular weight is 543 g/mol. The first kappa shape index (κ1) is 27.6. The molecule has 0 aliphatic carbocycles. The highest BCUT2D eigenvalue weighted by Gasteiger charge is 2.24. The molecule has 3 heterocycles. The highest BCUT2D eigenvalue weighted by Crippen LogP contribution is 2.33. The number of hydrogen-bond acceptors (Lipinski definition) is 7. The summed E-state index contributed by atoms with van der Waals surface area (Å²) in [5, 5.41) is 10.6. The van der Waals surface area contributed by atoms with Crippen molar-refractivity contribution >= 4 is 22.8 Å². The number of carbonyl (C=O) groups excluding carboxylic acids is 1. The normalized spacial score (nSPS) is 14.7. The number of nitrogens with zero attached hydrogens (tertiary/aromatic N) is 2. The van der Waals surface area contributed by atoms with Crippen LogP contribution >= 0.6 is 0 Å². The van der Waals surface area contributed by atoms with Gasteiger partial charge >= 0.3 is 0 Å². The van der Waals surface area contributed by atoms with Crippen LogP contribution < -0.4 is 20.7 Å². The van der Waals surface area contributed by atoms with Crippen LogP contribution in [0.4, 0.5) is 5.82 Å². The lowest BCUT2D eigenvalue weighted by Crippen LogP contribution is -2.33. The third kappa shape index (κ3) is 6.97. The fraction of sp³-hybridized carbons (Fsp3) is 0.387. The summed E-state index contributed by atoms with van der Waals surface area (Å²) in [6, 6.07) is 20.2. The van der Waals surface area contributed by atoms with Crippen LogP contribution in [0.3, 0.4) is 0 Å². The van der Waals surface area contributed by atoms with E-state index in [1.165, 1.54) is 6.92 Å². The summed E-state index contributed by atoms with van der Waals surface area (Å²) in [5.74, 6) is 2.19. The van der Waals surface area contributed by atoms with Crippen LogP contribution in [0.15, 0.2) is 60.7 Å². The SMILES string of the molecule is COc1ccccc1CCC(OC1CCNCC1)c1cc2c(NCCNC(C)=O)nc(-c3ccccc3)nc2[nH]1. The van der Waals surface area contributed by atoms with Crippen LogP contribution in [-0.2, 0) is 16.0 Å². The standard InChI is InChI=1S/C31H38N6O3/c1-21(38)33-18-19-34-30-25-20-26(35-31(25)37-29(36-30)23-9-4-3-5-10-23)28(40-24-14-16-32-17-15-24)13-12-22-8-6-7-11-27(22)39-2/h3-11,20,24,28,32H,12-19H2,1-2H3,(H,33,38)(H2,34,35,36,37). The number of ether oxygens (including phenoxy) is 2. The third-order valence-corrected chi connectivity index (χ3v) is 7.19. The predicted octanol–water partition coefficient (Wildman–Crippen LogP) is 4.62. The number of benzene rings is 2. The van der Waals surface area contributed by atoms with Crippen molar-refractivity contribution < 1.29 is 14.3 Å². The van der Waals surface area contributed by atoms with E-state index in [-0.39, 0.29) is 18.1 Å². The number of amides is 1. The molecule has 9 heteroatoms. The van der Waals surface area contributed by atoms with Gasteiger partial charge in [-0.05, 0) is 56.5 Å². The van der Waals surface area contributed by atoms with Gasteiger partial charge in [-0.3, -0.25) is 4.79 Å². The number of methoxy groups -OCH3 is 1. The van der Waals surface area contributed by atoms with Crippen molar-refractivity contribution in [2.24, 2.45) is 0 Å². The molecule has 1 aliphatic heterocycles. The van der Waals surface area contributed by atoms with Crippen LogP contribution in [0.25, 0.3) is 22.4 Å². The van der Waals surface area contributed by atoms with E-state index in [0.29, 0.717) is 18.9 Å². The van der Waals surface area contributed by atoms with Gasteiger partial charge in [0.05, 0.1) is 24.7 Å². The van der Waals surface area contributed by atoms with Crippen LogP contribution in [0.5, 0.6) is 5.75 Å². The van der Waals surface area contributed by atoms with Crippen molar-refractivity contribution in [3.8, 4) is 17.1 Å². The van der Waals surface area contributed by atoms with E-state index >= 15 is 0 Å². The maximum atomic E-state index is 11.4. The van der Waals surface area contributed by atoms with Gasteiger partial charge in [-0.25, -0.2) is 9.97 Å². The third-order valence-electron chi connectivity index (χ3n) is 7.19. The average Bonchev–Trinajstić information content (AvgIpc) is 3.43. The summed E-state index contributed by atoms with van der Waals surface area (Å²) in [6.45, 7) is 4.49. The van der Waals surface area contributed by atoms with Gasteiger partial charge in [0, 0.05) is 31.3 Å². The summed E-state index contributed by atoms with van der Waals surface area (Å²) in [5.41, 5.74) is 3.82. The second-order valence-electron chi connectivity index (χ2n) is 10.1. The molecular formula is C31H38N6O3. The number of para-hydroxylation sites is 1. The minimum absolute atomic E-state index is 0.0588. The molecule has 1 amide bonds. The van der Waals surface area contributed by atoms with E-state index in [9.17, 15) is 4.79 Å². The molecule has 40 heavy (non-hydrogen) atoms. The lowest BCUT2D eigenvalue weighted by Gasteiger charge is -2.28. The summed E-state index contributed by atoms with van der Waals surface area (Å²) in [6.07, 6.45) is 3.63. The van der Waals surface area contributed by atoms with Crippen LogP contribution in [-0.4, -0.2) is 60.3 Å². The summed E-state index contributed by atoms with van der Waals surface area (Å²) >= 11 is 0. The molecule has 0 saturated carbocycles. The van der Waals surface area contributed by atoms with Crippen molar-refractivity contribution in [2.75, 3.05) is 38.6 Å². The van der Waals surface area contributed by atoms with Crippen LogP contribution in [0.2, 0.25) is 0 Å². The molecule has 0 bridgehead atoms. The van der Waals surface area contributed by atoms with Crippen LogP contribution in [0, 0.1) is 0 Å². The first-order valence-corrected chi connectivity index (χ1v) is 14.0. The minimum atomic E-state index is -0.144. The summed E-state index contributed by atoms with van der Waals surface area (Å²) < 4.78 is 12.4. The van der Waals surface area contributed by atoms with E-state index in [1.54, 1.807) is 7.11 Å². The van der Waals surface area contributed by atoms with Gasteiger partial charge in [0.15, 0.2) is 5.82 Å². The molecule has 5 rings (SSSR count). The number of piperidine rings is 1. The molecule has 1 saturated heterocycles. The number of fused-ring (bicyclic) bond motifs is 1. The molecule has 210 valence electrons. The molecular weight excluding hydrogens is 504 g/mol. The Morgan fingerprint density at radius 2 is 1.82 bits per heavy atom. The van der Waals surface area contributed by atoms with Crippen molar-refractivity contribution in [3.05, 3.63) is 71.9 Å². The Hall–Kier alpha value is -3.95. The number of anilines is 1. The van der Waals surface area contributed by atoms with Gasteiger partial charge in [-0.1, -0.05) is 48.5 Å². The van der Waals surface area contributed by atoms with E-state index in [2.05, 4.69) is 33.1 Å². The number of aromatic nitrogens is 3. The number of aryl methyl sites for hydroxylation is 1. The number of H-pyrrole nitrogens is 1. The minimum Gasteiger partial charge on any atom is -0.496 e. The Balaban J connectivity index is 1.47. The first-order valence-electron chi connectivity index (χ1n) is 14.0. The number of hydrogen-bond donors (Lipinski definition) is 4. The zero-order chi connectivity index (χ0) is 27.7. The second kappa shape index (κ2) is 13.4. The molecule has 0 spiro atoms. The molecule has 2 aromatic heterocycles. The number of aromatic amines is 1. The van der Waals surface area contributed by atoms with Crippen LogP contribution in [0.1, 0.15) is 43.5 Å². The number of rotatable bonds is 12. The van der Waals surface area contributed by atoms with E-state index in [1.807, 2.05) is 48.5 Å². The Bertz CT molecular complexity index is 1400. The van der Waals surface area contributed by atoms with E-state index in [0.717, 1.165) is 78.2 Å². The smallest absolute Gasteiger partial charge is 0.216 e. The molecule has 2 aromatic carbocycles. The first-order chi connectivity index (χ1) is 19.6. The fourth-order valence-electron chi connectivity index (χ4n) is 5.13. The van der Waals surface area contributed by atoms with Gasteiger partial charge < -0.3 is 30.4 Å². The van der Waals surface area contributed by atoms with Gasteiger partial charge in [0.25, 0.3) is 0 Å². The Kier molecular flexibility index (Phi) is 9.26. The molecule has 4 aromatic rings. The topological polar surface area (TPSA) is 113 Å². The molecule has 1 fully saturated rings. The zero-order valence-electron chi connectivity index (χ0n) is 23.2. The van der Waals surface area contributed by atoms with E-state index < -0.39 is 0 Å². The Morgan fingerprint density at radius 1 is 1.05 bits per heavy atom. The molecule has 1 unspecified atom stereocenters. The zero-order valence-corrected chi connectivity index (χ0v) is 23.2. The van der Waals surface area contributed by atoms with E-state index in [4.69, 9.17) is 19.4 Å². The molecule has 1 aliphatic rings. The predicted molar refractivity (Wildman–Crippen MR) is 158 cm³/mol. The fourth-order valence-corrected chi connectivity index (χ4v) is 5.13. The maximum Gasteiger partial charge on any atom is 0.216 e. The highest BCUT2D eigenvalue weighted by molar-refractivity contribution is 5.89. The van der Waals surface area contributed by atoms with Gasteiger partial charge in [-0.15, -0.1) is 0 Å². The Labute approximate surface area is 235 Å². The lowest BCUT2D eigenvalue weighted by molar-refractivity contribution is -0.118. The van der Waals surface area contributed by atoms with Crippen molar-refractivity contribution in [2.45, 2.75) is 44.8 Å². The molecule has 0 radical (unpaired) electrons. The van der Waals surface area contributed by atoms with Crippen molar-refractivity contribution in [1.82, 2.24) is 25.6 Å². The summed E-state index contributed by atoms with van der Waals surface area (Å²) in [7, 11) is 1.71. The number of nitrogens with one attached hydrogen (secondary N) is 4. The number of carbonyl (C=O) groups is 1. The Morgan fingerprint density at radius 3 is 2.60 bits per heavy atom. The summed E-state index contributed by atoms with van der Waals surface area (Å²) in [4.78, 5) is 24.7. The quantitative estimate of drug-likeness (QED) is 0.193. The second-order valence-corrected chi connectivity index (χ2v) is 10.1. The lowest BCUT2D eigenvalue weighted by atomic mass is 10.0. The van der Waals surface area contributed by atoms with Gasteiger partial charge in [0.2, 0.25) is 5.91 Å². The largest absolute Gasteiger partial charge is 0.496 e.